The molecule has 0 radical (unpaired) electrons. The molecule has 3 amide bonds. The Morgan fingerprint density at radius 3 is 2.77 bits per heavy atom. The molecule has 2 atom stereocenters. The summed E-state index contributed by atoms with van der Waals surface area (Å²) in [6, 6.07) is 9.63. The van der Waals surface area contributed by atoms with Gasteiger partial charge in [0, 0.05) is 12.0 Å². The number of amides is 3. The molecule has 1 fully saturated rings. The number of carbonyl (C=O) groups excluding carboxylic acids is 3. The number of anilines is 1. The highest BCUT2D eigenvalue weighted by molar-refractivity contribution is 6.02. The van der Waals surface area contributed by atoms with Crippen molar-refractivity contribution in [1.29, 1.82) is 0 Å². The summed E-state index contributed by atoms with van der Waals surface area (Å²) < 4.78 is 12.5. The second-order valence-electron chi connectivity index (χ2n) is 8.64. The molecule has 5 rings (SSSR count). The van der Waals surface area contributed by atoms with Crippen molar-refractivity contribution in [3.8, 4) is 11.5 Å². The molecular weight excluding hydrogens is 452 g/mol. The van der Waals surface area contributed by atoms with Crippen LogP contribution in [0.1, 0.15) is 30.3 Å². The Balaban J connectivity index is 1.45. The van der Waals surface area contributed by atoms with E-state index in [2.05, 4.69) is 15.6 Å². The Kier molecular flexibility index (Phi) is 5.72. The molecular formula is C25H24N4O6. The number of methoxy groups -OCH3 is 1. The molecule has 0 aliphatic carbocycles. The average Bonchev–Trinajstić information content (AvgIpc) is 2.85. The van der Waals surface area contributed by atoms with Crippen LogP contribution < -0.4 is 25.7 Å². The number of hydrogen-bond donors (Lipinski definition) is 2. The number of imide groups is 1. The van der Waals surface area contributed by atoms with E-state index >= 15 is 0 Å². The third-order valence-electron chi connectivity index (χ3n) is 6.46. The molecule has 3 heterocycles. The molecule has 2 aliphatic rings. The van der Waals surface area contributed by atoms with Crippen molar-refractivity contribution >= 4 is 34.3 Å². The molecule has 0 saturated carbocycles. The number of nitrogens with zero attached hydrogens (tertiary/aromatic N) is 2. The lowest BCUT2D eigenvalue weighted by atomic mass is 9.95. The normalized spacial score (nSPS) is 19.5. The zero-order valence-electron chi connectivity index (χ0n) is 19.3. The first-order valence-corrected chi connectivity index (χ1v) is 11.3. The Morgan fingerprint density at radius 1 is 1.20 bits per heavy atom. The predicted octanol–water partition coefficient (Wildman–Crippen LogP) is 1.88. The van der Waals surface area contributed by atoms with E-state index in [0.717, 1.165) is 5.56 Å². The first-order valence-electron chi connectivity index (χ1n) is 11.3. The van der Waals surface area contributed by atoms with Gasteiger partial charge in [0.2, 0.25) is 17.7 Å². The number of nitrogens with one attached hydrogen (secondary N) is 2. The van der Waals surface area contributed by atoms with Gasteiger partial charge in [-0.1, -0.05) is 12.1 Å². The number of benzene rings is 2. The van der Waals surface area contributed by atoms with Crippen molar-refractivity contribution in [1.82, 2.24) is 14.9 Å². The molecule has 10 nitrogen and oxygen atoms in total. The van der Waals surface area contributed by atoms with Crippen LogP contribution in [0, 0.1) is 12.8 Å². The van der Waals surface area contributed by atoms with E-state index in [1.54, 1.807) is 32.2 Å². The summed E-state index contributed by atoms with van der Waals surface area (Å²) >= 11 is 0. The summed E-state index contributed by atoms with van der Waals surface area (Å²) in [7, 11) is 1.57. The van der Waals surface area contributed by atoms with Crippen molar-refractivity contribution in [3.63, 3.8) is 0 Å². The van der Waals surface area contributed by atoms with Gasteiger partial charge in [0.1, 0.15) is 35.5 Å². The number of rotatable bonds is 4. The third kappa shape index (κ3) is 4.01. The number of carbonyl (C=O) groups is 3. The zero-order valence-corrected chi connectivity index (χ0v) is 19.3. The van der Waals surface area contributed by atoms with Crippen molar-refractivity contribution < 1.29 is 23.9 Å². The Morgan fingerprint density at radius 2 is 2.00 bits per heavy atom. The minimum Gasteiger partial charge on any atom is -0.496 e. The maximum absolute atomic E-state index is 13.3. The van der Waals surface area contributed by atoms with Gasteiger partial charge in [0.05, 0.1) is 24.1 Å². The van der Waals surface area contributed by atoms with E-state index in [4.69, 9.17) is 9.47 Å². The lowest BCUT2D eigenvalue weighted by molar-refractivity contribution is -0.135. The number of piperidine rings is 1. The van der Waals surface area contributed by atoms with Gasteiger partial charge < -0.3 is 14.8 Å². The van der Waals surface area contributed by atoms with Gasteiger partial charge in [-0.25, -0.2) is 4.98 Å². The summed E-state index contributed by atoms with van der Waals surface area (Å²) in [5, 5.41) is 5.44. The fraction of sp³-hybridized carbons (Fsp3) is 0.320. The number of para-hydroxylation sites is 1. The highest BCUT2D eigenvalue weighted by Gasteiger charge is 2.31. The first-order chi connectivity index (χ1) is 16.9. The molecule has 2 N–H and O–H groups in total. The molecule has 0 spiro atoms. The van der Waals surface area contributed by atoms with Gasteiger partial charge >= 0.3 is 0 Å². The maximum Gasteiger partial charge on any atom is 0.262 e. The van der Waals surface area contributed by atoms with Gasteiger partial charge in [-0.15, -0.1) is 0 Å². The largest absolute Gasteiger partial charge is 0.496 e. The average molecular weight is 476 g/mol. The number of fused-ring (bicyclic) bond motifs is 2. The minimum absolute atomic E-state index is 0.147. The molecule has 1 aromatic heterocycles. The van der Waals surface area contributed by atoms with Crippen LogP contribution in [0.5, 0.6) is 11.5 Å². The molecule has 35 heavy (non-hydrogen) atoms. The molecule has 0 bridgehead atoms. The van der Waals surface area contributed by atoms with Crippen LogP contribution in [0.4, 0.5) is 5.69 Å². The van der Waals surface area contributed by atoms with Crippen LogP contribution in [0.25, 0.3) is 10.9 Å². The van der Waals surface area contributed by atoms with Crippen LogP contribution in [0.15, 0.2) is 41.2 Å². The predicted molar refractivity (Wildman–Crippen MR) is 126 cm³/mol. The summed E-state index contributed by atoms with van der Waals surface area (Å²) in [4.78, 5) is 54.9. The minimum atomic E-state index is -0.815. The van der Waals surface area contributed by atoms with Crippen LogP contribution in [-0.2, 0) is 20.8 Å². The monoisotopic (exact) mass is 476 g/mol. The van der Waals surface area contributed by atoms with E-state index < -0.39 is 23.4 Å². The van der Waals surface area contributed by atoms with E-state index in [0.29, 0.717) is 34.9 Å². The summed E-state index contributed by atoms with van der Waals surface area (Å²) in [6.07, 6.45) is 0.820. The van der Waals surface area contributed by atoms with Crippen molar-refractivity contribution in [2.24, 2.45) is 5.92 Å². The fourth-order valence-electron chi connectivity index (χ4n) is 4.70. The zero-order chi connectivity index (χ0) is 24.7. The molecule has 1 saturated heterocycles. The van der Waals surface area contributed by atoms with Gasteiger partial charge in [0.25, 0.3) is 5.56 Å². The Hall–Kier alpha value is -4.21. The second-order valence-corrected chi connectivity index (χ2v) is 8.64. The molecule has 2 aromatic carbocycles. The van der Waals surface area contributed by atoms with Crippen molar-refractivity contribution in [2.75, 3.05) is 19.0 Å². The van der Waals surface area contributed by atoms with E-state index in [9.17, 15) is 19.2 Å². The molecule has 10 heteroatoms. The lowest BCUT2D eigenvalue weighted by Crippen LogP contribution is -2.45. The topological polar surface area (TPSA) is 129 Å². The smallest absolute Gasteiger partial charge is 0.262 e. The number of ether oxygens (including phenoxy) is 2. The molecule has 2 aliphatic heterocycles. The summed E-state index contributed by atoms with van der Waals surface area (Å²) in [5.41, 5.74) is 1.16. The number of aromatic nitrogens is 2. The van der Waals surface area contributed by atoms with Gasteiger partial charge in [-0.2, -0.15) is 0 Å². The molecule has 180 valence electrons. The van der Waals surface area contributed by atoms with Crippen LogP contribution in [0.2, 0.25) is 0 Å². The van der Waals surface area contributed by atoms with Crippen LogP contribution in [0.3, 0.4) is 0 Å². The van der Waals surface area contributed by atoms with E-state index in [-0.39, 0.29) is 36.6 Å². The van der Waals surface area contributed by atoms with Gasteiger partial charge in [0.15, 0.2) is 0 Å². The number of aryl methyl sites for hydroxylation is 1. The second kappa shape index (κ2) is 8.86. The summed E-state index contributed by atoms with van der Waals surface area (Å²) in [6.45, 7) is 1.84. The summed E-state index contributed by atoms with van der Waals surface area (Å²) in [5.74, 6) is 0.0780. The Bertz CT molecular complexity index is 1420. The van der Waals surface area contributed by atoms with E-state index in [1.165, 1.54) is 4.57 Å². The van der Waals surface area contributed by atoms with Crippen molar-refractivity contribution in [2.45, 2.75) is 32.2 Å². The quantitative estimate of drug-likeness (QED) is 0.550. The standard InChI is InChI=1S/C25H24N4O6/c1-13-26-22-15(25(33)29(13)18-9-10-21(30)28-24(18)32)5-3-6-17(22)27-23(31)14-11-16-19(34-2)7-4-8-20(16)35-12-14/h3-8,14,18H,9-12H2,1-2H3,(H,27,31)(H,28,30,32). The Labute approximate surface area is 200 Å². The maximum atomic E-state index is 13.3. The first kappa shape index (κ1) is 22.6. The SMILES string of the molecule is COc1cccc2c1CC(C(=O)Nc1cccc3c(=O)n(C4CCC(=O)NC4=O)c(C)nc13)CO2. The molecule has 2 unspecified atom stereocenters. The van der Waals surface area contributed by atoms with Crippen LogP contribution >= 0.6 is 0 Å². The lowest BCUT2D eigenvalue weighted by Gasteiger charge is -2.26. The van der Waals surface area contributed by atoms with Crippen LogP contribution in [-0.4, -0.2) is 41.0 Å². The highest BCUT2D eigenvalue weighted by Crippen LogP contribution is 2.35. The van der Waals surface area contributed by atoms with Gasteiger partial charge in [-0.3, -0.25) is 29.1 Å². The number of hydrogen-bond acceptors (Lipinski definition) is 7. The highest BCUT2D eigenvalue weighted by atomic mass is 16.5. The third-order valence-corrected chi connectivity index (χ3v) is 6.46. The van der Waals surface area contributed by atoms with Crippen molar-refractivity contribution in [3.05, 3.63) is 58.1 Å². The van der Waals surface area contributed by atoms with Gasteiger partial charge in [-0.05, 0) is 44.0 Å². The van der Waals surface area contributed by atoms with E-state index in [1.807, 2.05) is 18.2 Å². The molecule has 3 aromatic rings. The fourth-order valence-corrected chi connectivity index (χ4v) is 4.70.